The molecule has 0 aromatic heterocycles. The van der Waals surface area contributed by atoms with Gasteiger partial charge in [-0.2, -0.15) is 0 Å². The average molecular weight is 397 g/mol. The van der Waals surface area contributed by atoms with Gasteiger partial charge in [-0.3, -0.25) is 0 Å². The molecule has 1 N–H and O–H groups in total. The second-order valence-corrected chi connectivity index (χ2v) is 9.55. The summed E-state index contributed by atoms with van der Waals surface area (Å²) in [5, 5.41) is 2.93. The number of nitrogens with one attached hydrogen (secondary N) is 1. The lowest BCUT2D eigenvalue weighted by Crippen LogP contribution is -2.41. The molecule has 1 unspecified atom stereocenters. The number of benzene rings is 1. The van der Waals surface area contributed by atoms with E-state index < -0.39 is 9.84 Å². The van der Waals surface area contributed by atoms with Crippen molar-refractivity contribution in [1.29, 1.82) is 0 Å². The number of hydrogen-bond donors (Lipinski definition) is 1. The minimum absolute atomic E-state index is 0.0417. The second-order valence-electron chi connectivity index (χ2n) is 7.44. The van der Waals surface area contributed by atoms with Crippen molar-refractivity contribution in [3.05, 3.63) is 29.8 Å². The van der Waals surface area contributed by atoms with E-state index in [1.807, 2.05) is 4.90 Å². The van der Waals surface area contributed by atoms with Gasteiger partial charge in [0.25, 0.3) is 0 Å². The van der Waals surface area contributed by atoms with Crippen molar-refractivity contribution < 1.29 is 22.7 Å². The third kappa shape index (κ3) is 5.00. The molecule has 3 rings (SSSR count). The molecule has 2 aliphatic heterocycles. The van der Waals surface area contributed by atoms with Gasteiger partial charge in [-0.05, 0) is 37.0 Å². The Balaban J connectivity index is 1.51. The zero-order valence-electron chi connectivity index (χ0n) is 15.8. The summed E-state index contributed by atoms with van der Waals surface area (Å²) in [4.78, 5) is 14.6. The number of methoxy groups -OCH3 is 1. The molecule has 8 heteroatoms. The average Bonchev–Trinajstić information content (AvgIpc) is 3.09. The van der Waals surface area contributed by atoms with Crippen LogP contribution in [0.1, 0.15) is 24.8 Å². The Labute approximate surface area is 160 Å². The molecule has 2 fully saturated rings. The van der Waals surface area contributed by atoms with E-state index in [1.165, 1.54) is 7.11 Å². The lowest BCUT2D eigenvalue weighted by molar-refractivity contribution is -0.000438. The van der Waals surface area contributed by atoms with Crippen molar-refractivity contribution in [2.24, 2.45) is 5.41 Å². The number of amides is 2. The molecule has 2 saturated heterocycles. The summed E-state index contributed by atoms with van der Waals surface area (Å²) >= 11 is 0. The second kappa shape index (κ2) is 8.58. The molecule has 0 radical (unpaired) electrons. The van der Waals surface area contributed by atoms with Crippen LogP contribution in [0, 0.1) is 5.41 Å². The first-order valence-corrected chi connectivity index (χ1v) is 11.0. The van der Waals surface area contributed by atoms with Crippen LogP contribution in [-0.4, -0.2) is 65.1 Å². The summed E-state index contributed by atoms with van der Waals surface area (Å²) in [6.45, 7) is 3.61. The van der Waals surface area contributed by atoms with E-state index in [4.69, 9.17) is 9.47 Å². The lowest BCUT2D eigenvalue weighted by atomic mass is 9.82. The quantitative estimate of drug-likeness (QED) is 0.793. The normalized spacial score (nSPS) is 22.9. The number of carbonyl (C=O) groups is 1. The Morgan fingerprint density at radius 1 is 1.30 bits per heavy atom. The number of nitrogens with zero attached hydrogens (tertiary/aromatic N) is 1. The van der Waals surface area contributed by atoms with Crippen molar-refractivity contribution in [2.45, 2.75) is 30.7 Å². The Morgan fingerprint density at radius 2 is 2.07 bits per heavy atom. The fourth-order valence-electron chi connectivity index (χ4n) is 3.76. The fraction of sp³-hybridized carbons (Fsp3) is 0.632. The molecule has 2 heterocycles. The highest BCUT2D eigenvalue weighted by molar-refractivity contribution is 7.91. The molecular formula is C19H28N2O5S. The summed E-state index contributed by atoms with van der Waals surface area (Å²) < 4.78 is 34.7. The maximum Gasteiger partial charge on any atom is 0.317 e. The fourth-order valence-corrected chi connectivity index (χ4v) is 4.93. The van der Waals surface area contributed by atoms with E-state index >= 15 is 0 Å². The molecular weight excluding hydrogens is 368 g/mol. The molecule has 1 aromatic rings. The first-order chi connectivity index (χ1) is 12.9. The summed E-state index contributed by atoms with van der Waals surface area (Å²) in [7, 11) is -1.85. The van der Waals surface area contributed by atoms with Gasteiger partial charge in [0.15, 0.2) is 9.84 Å². The van der Waals surface area contributed by atoms with E-state index in [2.05, 4.69) is 5.32 Å². The molecule has 1 atom stereocenters. The number of sulfone groups is 1. The van der Waals surface area contributed by atoms with Crippen LogP contribution >= 0.6 is 0 Å². The van der Waals surface area contributed by atoms with Gasteiger partial charge in [-0.1, -0.05) is 12.1 Å². The van der Waals surface area contributed by atoms with E-state index in [0.29, 0.717) is 6.54 Å². The van der Waals surface area contributed by atoms with Crippen LogP contribution in [0.5, 0.6) is 0 Å². The van der Waals surface area contributed by atoms with Crippen molar-refractivity contribution >= 4 is 15.9 Å². The standard InChI is InChI=1S/C19H28N2O5S/c1-25-11-12-27(23,24)17-5-3-16(4-6-17)13-20-18(22)21-9-8-19(14-21)7-2-10-26-15-19/h3-6H,2,7-15H2,1H3,(H,20,22). The first kappa shape index (κ1) is 20.1. The first-order valence-electron chi connectivity index (χ1n) is 9.35. The Morgan fingerprint density at radius 3 is 2.74 bits per heavy atom. The van der Waals surface area contributed by atoms with Crippen molar-refractivity contribution in [1.82, 2.24) is 10.2 Å². The summed E-state index contributed by atoms with van der Waals surface area (Å²) in [6, 6.07) is 6.56. The zero-order valence-corrected chi connectivity index (χ0v) is 16.6. The lowest BCUT2D eigenvalue weighted by Gasteiger charge is -2.32. The molecule has 2 aliphatic rings. The number of likely N-dealkylation sites (tertiary alicyclic amines) is 1. The Kier molecular flexibility index (Phi) is 6.39. The van der Waals surface area contributed by atoms with Gasteiger partial charge in [-0.15, -0.1) is 0 Å². The highest BCUT2D eigenvalue weighted by atomic mass is 32.2. The molecule has 150 valence electrons. The maximum atomic E-state index is 12.5. The van der Waals surface area contributed by atoms with Gasteiger partial charge in [0.1, 0.15) is 0 Å². The molecule has 27 heavy (non-hydrogen) atoms. The largest absolute Gasteiger partial charge is 0.384 e. The van der Waals surface area contributed by atoms with Crippen molar-refractivity contribution in [2.75, 3.05) is 45.8 Å². The highest BCUT2D eigenvalue weighted by Gasteiger charge is 2.41. The van der Waals surface area contributed by atoms with Gasteiger partial charge in [0, 0.05) is 38.8 Å². The number of carbonyl (C=O) groups excluding carboxylic acids is 1. The van der Waals surface area contributed by atoms with E-state index in [-0.39, 0.29) is 28.7 Å². The van der Waals surface area contributed by atoms with Gasteiger partial charge in [0.05, 0.1) is 23.9 Å². The molecule has 0 aliphatic carbocycles. The van der Waals surface area contributed by atoms with Gasteiger partial charge in [0.2, 0.25) is 0 Å². The summed E-state index contributed by atoms with van der Waals surface area (Å²) in [6.07, 6.45) is 3.18. The smallest absolute Gasteiger partial charge is 0.317 e. The zero-order chi connectivity index (χ0) is 19.3. The third-order valence-corrected chi connectivity index (χ3v) is 7.11. The number of ether oxygens (including phenoxy) is 2. The number of hydrogen-bond acceptors (Lipinski definition) is 5. The SMILES string of the molecule is COCCS(=O)(=O)c1ccc(CNC(=O)N2CCC3(CCCOC3)C2)cc1. The van der Waals surface area contributed by atoms with Crippen molar-refractivity contribution in [3.8, 4) is 0 Å². The Bertz CT molecular complexity index is 742. The van der Waals surface area contributed by atoms with Gasteiger partial charge in [-0.25, -0.2) is 13.2 Å². The van der Waals surface area contributed by atoms with E-state index in [0.717, 1.165) is 51.1 Å². The molecule has 7 nitrogen and oxygen atoms in total. The monoisotopic (exact) mass is 396 g/mol. The molecule has 1 spiro atoms. The van der Waals surface area contributed by atoms with Crippen LogP contribution in [0.25, 0.3) is 0 Å². The summed E-state index contributed by atoms with van der Waals surface area (Å²) in [5.74, 6) is -0.0417. The minimum Gasteiger partial charge on any atom is -0.384 e. The van der Waals surface area contributed by atoms with Crippen molar-refractivity contribution in [3.63, 3.8) is 0 Å². The van der Waals surface area contributed by atoms with Gasteiger partial charge >= 0.3 is 6.03 Å². The Hall–Kier alpha value is -1.64. The topological polar surface area (TPSA) is 84.9 Å². The van der Waals surface area contributed by atoms with E-state index in [9.17, 15) is 13.2 Å². The predicted molar refractivity (Wildman–Crippen MR) is 101 cm³/mol. The van der Waals surface area contributed by atoms with Crippen LogP contribution in [-0.2, 0) is 25.9 Å². The third-order valence-electron chi connectivity index (χ3n) is 5.41. The van der Waals surface area contributed by atoms with Crippen LogP contribution < -0.4 is 5.32 Å². The number of urea groups is 1. The molecule has 1 aromatic carbocycles. The maximum absolute atomic E-state index is 12.5. The molecule has 0 bridgehead atoms. The molecule has 0 saturated carbocycles. The van der Waals surface area contributed by atoms with Crippen LogP contribution in [0.3, 0.4) is 0 Å². The van der Waals surface area contributed by atoms with Gasteiger partial charge < -0.3 is 19.7 Å². The van der Waals surface area contributed by atoms with Crippen LogP contribution in [0.4, 0.5) is 4.79 Å². The van der Waals surface area contributed by atoms with Crippen LogP contribution in [0.15, 0.2) is 29.2 Å². The van der Waals surface area contributed by atoms with Crippen LogP contribution in [0.2, 0.25) is 0 Å². The predicted octanol–water partition coefficient (Wildman–Crippen LogP) is 1.82. The van der Waals surface area contributed by atoms with E-state index in [1.54, 1.807) is 24.3 Å². The summed E-state index contributed by atoms with van der Waals surface area (Å²) in [5.41, 5.74) is 0.998. The minimum atomic E-state index is -3.33. The highest BCUT2D eigenvalue weighted by Crippen LogP contribution is 2.37. The number of rotatable bonds is 6. The molecule has 2 amide bonds.